The van der Waals surface area contributed by atoms with E-state index < -0.39 is 0 Å². The van der Waals surface area contributed by atoms with Crippen LogP contribution in [0.1, 0.15) is 35.9 Å². The number of fused-ring (bicyclic) bond motifs is 1. The molecule has 2 aromatic heterocycles. The third-order valence-corrected chi connectivity index (χ3v) is 7.36. The summed E-state index contributed by atoms with van der Waals surface area (Å²) in [6.07, 6.45) is 3.75. The van der Waals surface area contributed by atoms with Gasteiger partial charge >= 0.3 is 0 Å². The van der Waals surface area contributed by atoms with Gasteiger partial charge in [-0.15, -0.1) is 21.5 Å². The average Bonchev–Trinajstić information content (AvgIpc) is 3.24. The molecule has 7 heteroatoms. The molecule has 2 aliphatic rings. The summed E-state index contributed by atoms with van der Waals surface area (Å²) in [6.45, 7) is 6.31. The lowest BCUT2D eigenvalue weighted by Gasteiger charge is -2.36. The molecule has 156 valence electrons. The summed E-state index contributed by atoms with van der Waals surface area (Å²) in [4.78, 5) is 20.3. The highest BCUT2D eigenvalue weighted by molar-refractivity contribution is 7.20. The lowest BCUT2D eigenvalue weighted by atomic mass is 10.0. The Morgan fingerprint density at radius 1 is 0.967 bits per heavy atom. The molecule has 2 saturated heterocycles. The number of carbonyl (C=O) groups excluding carboxylic acids is 1. The van der Waals surface area contributed by atoms with Crippen LogP contribution in [0, 0.1) is 0 Å². The maximum absolute atomic E-state index is 12.9. The second kappa shape index (κ2) is 8.22. The number of nitrogens with zero attached hydrogens (tertiary/aromatic N) is 5. The van der Waals surface area contributed by atoms with Gasteiger partial charge in [0, 0.05) is 43.5 Å². The molecular formula is C23H27N5OS. The van der Waals surface area contributed by atoms with Crippen LogP contribution >= 0.6 is 11.3 Å². The molecule has 1 unspecified atom stereocenters. The van der Waals surface area contributed by atoms with E-state index in [1.807, 2.05) is 23.1 Å². The Hall–Kier alpha value is -2.67. The Balaban J connectivity index is 1.21. The van der Waals surface area contributed by atoms with Crippen LogP contribution in [-0.2, 0) is 0 Å². The van der Waals surface area contributed by atoms with Crippen molar-refractivity contribution in [3.63, 3.8) is 0 Å². The van der Waals surface area contributed by atoms with Crippen LogP contribution < -0.4 is 9.80 Å². The minimum absolute atomic E-state index is 0.136. The molecule has 0 aliphatic carbocycles. The second-order valence-electron chi connectivity index (χ2n) is 8.22. The fourth-order valence-electron chi connectivity index (χ4n) is 4.46. The molecule has 2 fully saturated rings. The van der Waals surface area contributed by atoms with E-state index in [0.29, 0.717) is 19.1 Å². The number of hydrogen-bond donors (Lipinski definition) is 0. The van der Waals surface area contributed by atoms with Crippen molar-refractivity contribution in [2.45, 2.75) is 32.2 Å². The topological polar surface area (TPSA) is 52.6 Å². The van der Waals surface area contributed by atoms with E-state index in [9.17, 15) is 4.79 Å². The summed E-state index contributed by atoms with van der Waals surface area (Å²) in [5, 5.41) is 10.2. The highest BCUT2D eigenvalue weighted by atomic mass is 32.1. The van der Waals surface area contributed by atoms with E-state index in [-0.39, 0.29) is 5.91 Å². The van der Waals surface area contributed by atoms with Gasteiger partial charge in [-0.2, -0.15) is 0 Å². The fourth-order valence-corrected chi connectivity index (χ4v) is 5.49. The van der Waals surface area contributed by atoms with Crippen LogP contribution in [0.4, 0.5) is 11.6 Å². The Morgan fingerprint density at radius 3 is 2.47 bits per heavy atom. The first-order valence-corrected chi connectivity index (χ1v) is 11.6. The highest BCUT2D eigenvalue weighted by Crippen LogP contribution is 2.27. The normalized spacial score (nSPS) is 20.0. The maximum Gasteiger partial charge on any atom is 0.264 e. The zero-order valence-electron chi connectivity index (χ0n) is 17.3. The number of rotatable bonds is 3. The van der Waals surface area contributed by atoms with Crippen molar-refractivity contribution in [3.05, 3.63) is 47.3 Å². The second-order valence-corrected chi connectivity index (χ2v) is 9.30. The van der Waals surface area contributed by atoms with Crippen molar-refractivity contribution in [1.29, 1.82) is 0 Å². The largest absolute Gasteiger partial charge is 0.352 e. The van der Waals surface area contributed by atoms with Crippen LogP contribution in [0.2, 0.25) is 0 Å². The SMILES string of the molecule is CC1CCCCN1c1ccc(N2CCN(C(=O)c3cc4ccccc4s3)CC2)nn1. The van der Waals surface area contributed by atoms with Crippen LogP contribution in [-0.4, -0.2) is 59.8 Å². The molecule has 3 aromatic rings. The summed E-state index contributed by atoms with van der Waals surface area (Å²) in [5.41, 5.74) is 0. The first-order chi connectivity index (χ1) is 14.7. The molecule has 1 amide bonds. The van der Waals surface area contributed by atoms with Crippen LogP contribution in [0.25, 0.3) is 10.1 Å². The molecule has 30 heavy (non-hydrogen) atoms. The van der Waals surface area contributed by atoms with Gasteiger partial charge in [-0.1, -0.05) is 18.2 Å². The molecule has 4 heterocycles. The van der Waals surface area contributed by atoms with E-state index >= 15 is 0 Å². The molecule has 5 rings (SSSR count). The molecule has 0 bridgehead atoms. The first kappa shape index (κ1) is 19.3. The number of hydrogen-bond acceptors (Lipinski definition) is 6. The Labute approximate surface area is 181 Å². The summed E-state index contributed by atoms with van der Waals surface area (Å²) >= 11 is 1.58. The third kappa shape index (κ3) is 3.74. The van der Waals surface area contributed by atoms with E-state index in [1.165, 1.54) is 19.3 Å². The summed E-state index contributed by atoms with van der Waals surface area (Å²) < 4.78 is 1.16. The molecule has 1 atom stereocenters. The number of benzene rings is 1. The van der Waals surface area contributed by atoms with Gasteiger partial charge in [0.05, 0.1) is 4.88 Å². The molecule has 2 aliphatic heterocycles. The summed E-state index contributed by atoms with van der Waals surface area (Å²) in [5.74, 6) is 2.01. The Kier molecular flexibility index (Phi) is 5.29. The van der Waals surface area contributed by atoms with E-state index in [1.54, 1.807) is 11.3 Å². The van der Waals surface area contributed by atoms with Gasteiger partial charge in [0.1, 0.15) is 0 Å². The number of amides is 1. The number of piperazine rings is 1. The van der Waals surface area contributed by atoms with E-state index in [4.69, 9.17) is 0 Å². The van der Waals surface area contributed by atoms with Crippen LogP contribution in [0.15, 0.2) is 42.5 Å². The number of piperidine rings is 1. The zero-order chi connectivity index (χ0) is 20.5. The fraction of sp³-hybridized carbons (Fsp3) is 0.435. The molecule has 1 aromatic carbocycles. The standard InChI is InChI=1S/C23H27N5OS/c1-17-6-4-5-11-28(17)22-10-9-21(24-25-22)26-12-14-27(15-13-26)23(29)20-16-18-7-2-3-8-19(18)30-20/h2-3,7-10,16-17H,4-6,11-15H2,1H3. The molecule has 6 nitrogen and oxygen atoms in total. The number of anilines is 2. The molecule has 0 saturated carbocycles. The van der Waals surface area contributed by atoms with Gasteiger partial charge in [0.2, 0.25) is 0 Å². The van der Waals surface area contributed by atoms with Crippen LogP contribution in [0.3, 0.4) is 0 Å². The minimum Gasteiger partial charge on any atom is -0.352 e. The van der Waals surface area contributed by atoms with Crippen molar-refractivity contribution in [3.8, 4) is 0 Å². The van der Waals surface area contributed by atoms with Crippen molar-refractivity contribution in [2.75, 3.05) is 42.5 Å². The number of carbonyl (C=O) groups is 1. The number of aromatic nitrogens is 2. The monoisotopic (exact) mass is 421 g/mol. The van der Waals surface area contributed by atoms with Gasteiger partial charge in [-0.3, -0.25) is 4.79 Å². The third-order valence-electron chi connectivity index (χ3n) is 6.26. The Morgan fingerprint density at radius 2 is 1.73 bits per heavy atom. The number of thiophene rings is 1. The van der Waals surface area contributed by atoms with Gasteiger partial charge in [-0.25, -0.2) is 0 Å². The molecular weight excluding hydrogens is 394 g/mol. The van der Waals surface area contributed by atoms with Crippen LogP contribution in [0.5, 0.6) is 0 Å². The van der Waals surface area contributed by atoms with Gasteiger partial charge in [0.25, 0.3) is 5.91 Å². The molecule has 0 N–H and O–H groups in total. The van der Waals surface area contributed by atoms with Gasteiger partial charge in [-0.05, 0) is 55.8 Å². The predicted molar refractivity (Wildman–Crippen MR) is 123 cm³/mol. The quantitative estimate of drug-likeness (QED) is 0.639. The van der Waals surface area contributed by atoms with E-state index in [2.05, 4.69) is 51.2 Å². The first-order valence-electron chi connectivity index (χ1n) is 10.8. The van der Waals surface area contributed by atoms with Crippen molar-refractivity contribution in [2.24, 2.45) is 0 Å². The summed E-state index contributed by atoms with van der Waals surface area (Å²) in [7, 11) is 0. The highest BCUT2D eigenvalue weighted by Gasteiger charge is 2.25. The molecule has 0 spiro atoms. The average molecular weight is 422 g/mol. The van der Waals surface area contributed by atoms with Crippen molar-refractivity contribution >= 4 is 39.0 Å². The minimum atomic E-state index is 0.136. The molecule has 0 radical (unpaired) electrons. The van der Waals surface area contributed by atoms with Crippen molar-refractivity contribution in [1.82, 2.24) is 15.1 Å². The smallest absolute Gasteiger partial charge is 0.264 e. The van der Waals surface area contributed by atoms with E-state index in [0.717, 1.165) is 46.2 Å². The predicted octanol–water partition coefficient (Wildman–Crippen LogP) is 4.03. The van der Waals surface area contributed by atoms with Gasteiger partial charge < -0.3 is 14.7 Å². The van der Waals surface area contributed by atoms with Gasteiger partial charge in [0.15, 0.2) is 11.6 Å². The lowest BCUT2D eigenvalue weighted by molar-refractivity contribution is 0.0751. The lowest BCUT2D eigenvalue weighted by Crippen LogP contribution is -2.49. The summed E-state index contributed by atoms with van der Waals surface area (Å²) in [6, 6.07) is 14.9. The zero-order valence-corrected chi connectivity index (χ0v) is 18.1. The van der Waals surface area contributed by atoms with Crippen molar-refractivity contribution < 1.29 is 4.79 Å². The Bertz CT molecular complexity index is 993. The maximum atomic E-state index is 12.9.